The van der Waals surface area contributed by atoms with Gasteiger partial charge in [-0.3, -0.25) is 18.4 Å². The fourth-order valence-electron chi connectivity index (χ4n) is 6.27. The Morgan fingerprint density at radius 2 is 1.51 bits per heavy atom. The summed E-state index contributed by atoms with van der Waals surface area (Å²) in [6.07, 6.45) is 5.08. The van der Waals surface area contributed by atoms with Crippen molar-refractivity contribution in [1.82, 2.24) is 18.8 Å². The lowest BCUT2D eigenvalue weighted by Crippen LogP contribution is -2.18. The van der Waals surface area contributed by atoms with E-state index in [9.17, 15) is 24.6 Å². The third-order valence-corrected chi connectivity index (χ3v) is 8.54. The van der Waals surface area contributed by atoms with Crippen LogP contribution in [0.3, 0.4) is 0 Å². The van der Waals surface area contributed by atoms with E-state index in [0.29, 0.717) is 55.0 Å². The number of aliphatic hydroxyl groups excluding tert-OH is 1. The van der Waals surface area contributed by atoms with Gasteiger partial charge in [0.05, 0.1) is 44.9 Å². The SMILES string of the molecule is C=C1CCc2cn3c(OCCCCCOc4c(OC)cc5c(=O)nc6c(c(C(=O)O)n45)[C@@H](O)CC(=C)C6)c(OC)cc3c(=O)nc2C1. The van der Waals surface area contributed by atoms with Crippen LogP contribution in [0.1, 0.15) is 71.2 Å². The van der Waals surface area contributed by atoms with Crippen molar-refractivity contribution in [3.05, 3.63) is 91.5 Å². The predicted octanol–water partition coefficient (Wildman–Crippen LogP) is 3.63. The maximum absolute atomic E-state index is 13.1. The second kappa shape index (κ2) is 12.9. The molecule has 0 amide bonds. The summed E-state index contributed by atoms with van der Waals surface area (Å²) in [7, 11) is 2.91. The van der Waals surface area contributed by atoms with Crippen molar-refractivity contribution in [1.29, 1.82) is 0 Å². The Morgan fingerprint density at radius 3 is 2.21 bits per heavy atom. The maximum Gasteiger partial charge on any atom is 0.353 e. The summed E-state index contributed by atoms with van der Waals surface area (Å²) in [6.45, 7) is 8.45. The molecule has 4 heterocycles. The van der Waals surface area contributed by atoms with Gasteiger partial charge in [0.25, 0.3) is 11.1 Å². The number of carboxylic acid groups (broad SMARTS) is 1. The molecule has 0 radical (unpaired) electrons. The largest absolute Gasteiger partial charge is 0.491 e. The van der Waals surface area contributed by atoms with Crippen molar-refractivity contribution in [2.45, 2.75) is 57.5 Å². The number of methoxy groups -OCH3 is 2. The highest BCUT2D eigenvalue weighted by Gasteiger charge is 2.32. The summed E-state index contributed by atoms with van der Waals surface area (Å²) in [5.74, 6) is -0.274. The topological polar surface area (TPSA) is 163 Å². The van der Waals surface area contributed by atoms with E-state index < -0.39 is 17.6 Å². The lowest BCUT2D eigenvalue weighted by Gasteiger charge is -2.22. The van der Waals surface area contributed by atoms with Crippen molar-refractivity contribution >= 4 is 17.0 Å². The van der Waals surface area contributed by atoms with Gasteiger partial charge in [-0.2, -0.15) is 0 Å². The molecule has 47 heavy (non-hydrogen) atoms. The Bertz CT molecular complexity index is 2060. The Hall–Kier alpha value is -5.17. The van der Waals surface area contributed by atoms with E-state index in [1.165, 1.54) is 24.7 Å². The van der Waals surface area contributed by atoms with Gasteiger partial charge in [0.15, 0.2) is 11.5 Å². The Morgan fingerprint density at radius 1 is 0.894 bits per heavy atom. The van der Waals surface area contributed by atoms with Crippen LogP contribution in [0.4, 0.5) is 0 Å². The van der Waals surface area contributed by atoms with Gasteiger partial charge in [0.2, 0.25) is 11.8 Å². The highest BCUT2D eigenvalue weighted by Crippen LogP contribution is 2.37. The minimum atomic E-state index is -1.34. The smallest absolute Gasteiger partial charge is 0.353 e. The molecule has 0 bridgehead atoms. The van der Waals surface area contributed by atoms with Gasteiger partial charge in [-0.05, 0) is 44.1 Å². The number of aryl methyl sites for hydroxylation is 1. The first-order chi connectivity index (χ1) is 22.6. The van der Waals surface area contributed by atoms with Crippen LogP contribution in [-0.4, -0.2) is 62.4 Å². The summed E-state index contributed by atoms with van der Waals surface area (Å²) < 4.78 is 26.0. The normalized spacial score (nSPS) is 15.8. The van der Waals surface area contributed by atoms with Crippen LogP contribution < -0.4 is 30.1 Å². The first-order valence-electron chi connectivity index (χ1n) is 15.4. The van der Waals surface area contributed by atoms with Crippen LogP contribution in [0.2, 0.25) is 0 Å². The molecular formula is C34H36N4O9. The van der Waals surface area contributed by atoms with E-state index in [1.807, 2.05) is 6.20 Å². The molecule has 2 N–H and O–H groups in total. The number of nitrogens with zero attached hydrogens (tertiary/aromatic N) is 4. The van der Waals surface area contributed by atoms with E-state index in [1.54, 1.807) is 10.5 Å². The summed E-state index contributed by atoms with van der Waals surface area (Å²) in [4.78, 5) is 47.1. The number of fused-ring (bicyclic) bond motifs is 4. The number of carboxylic acids is 1. The number of aromatic nitrogens is 4. The van der Waals surface area contributed by atoms with Crippen LogP contribution in [0.5, 0.6) is 23.3 Å². The highest BCUT2D eigenvalue weighted by molar-refractivity contribution is 5.89. The molecule has 4 aromatic heterocycles. The van der Waals surface area contributed by atoms with Gasteiger partial charge in [-0.15, -0.1) is 0 Å². The number of aliphatic hydroxyl groups is 1. The molecule has 0 saturated carbocycles. The van der Waals surface area contributed by atoms with Crippen LogP contribution >= 0.6 is 0 Å². The Balaban J connectivity index is 1.17. The van der Waals surface area contributed by atoms with Crippen molar-refractivity contribution in [3.63, 3.8) is 0 Å². The minimum absolute atomic E-state index is 0.0382. The molecule has 1 atom stereocenters. The van der Waals surface area contributed by atoms with Gasteiger partial charge in [0.1, 0.15) is 16.7 Å². The monoisotopic (exact) mass is 644 g/mol. The summed E-state index contributed by atoms with van der Waals surface area (Å²) in [6, 6.07) is 3.03. The Kier molecular flexibility index (Phi) is 8.74. The molecule has 13 nitrogen and oxygen atoms in total. The first kappa shape index (κ1) is 31.8. The van der Waals surface area contributed by atoms with Crippen molar-refractivity contribution in [2.75, 3.05) is 27.4 Å². The fourth-order valence-corrected chi connectivity index (χ4v) is 6.27. The molecule has 0 saturated heterocycles. The molecule has 13 heteroatoms. The number of hydrogen-bond acceptors (Lipinski definition) is 10. The third kappa shape index (κ3) is 5.94. The number of unbranched alkanes of at least 4 members (excludes halogenated alkanes) is 2. The van der Waals surface area contributed by atoms with E-state index in [4.69, 9.17) is 18.9 Å². The van der Waals surface area contributed by atoms with Crippen LogP contribution in [0.15, 0.2) is 52.2 Å². The van der Waals surface area contributed by atoms with Gasteiger partial charge < -0.3 is 29.2 Å². The lowest BCUT2D eigenvalue weighted by atomic mass is 9.89. The zero-order valence-corrected chi connectivity index (χ0v) is 26.3. The summed E-state index contributed by atoms with van der Waals surface area (Å²) in [5.41, 5.74) is 2.63. The van der Waals surface area contributed by atoms with Crippen LogP contribution in [0, 0.1) is 0 Å². The quantitative estimate of drug-likeness (QED) is 0.181. The van der Waals surface area contributed by atoms with E-state index in [-0.39, 0.29) is 59.1 Å². The molecule has 6 rings (SSSR count). The van der Waals surface area contributed by atoms with Gasteiger partial charge in [-0.1, -0.05) is 24.3 Å². The number of rotatable bonds is 11. The molecule has 0 spiro atoms. The van der Waals surface area contributed by atoms with E-state index >= 15 is 0 Å². The number of ether oxygens (including phenoxy) is 4. The molecule has 2 aliphatic carbocycles. The average Bonchev–Trinajstić information content (AvgIpc) is 3.48. The van der Waals surface area contributed by atoms with Crippen LogP contribution in [0.25, 0.3) is 11.0 Å². The van der Waals surface area contributed by atoms with Crippen molar-refractivity contribution in [3.8, 4) is 23.3 Å². The molecule has 246 valence electrons. The maximum atomic E-state index is 13.1. The average molecular weight is 645 g/mol. The van der Waals surface area contributed by atoms with Gasteiger partial charge >= 0.3 is 5.97 Å². The Labute approximate surface area is 269 Å². The molecule has 2 aliphatic rings. The standard InChI is InChI=1S/C34H36N4O9/c1-18-8-9-20-17-37-23(30(40)35-21(20)12-18)15-26(44-3)32(37)46-10-6-5-7-11-47-33-27(45-4)16-24-31(41)36-22-13-19(2)14-25(39)28(22)29(34(42)43)38(24)33/h15-17,25,39H,1-2,5-14H2,3-4H3,(H,42,43)/t25-/m0/s1. The lowest BCUT2D eigenvalue weighted by molar-refractivity contribution is 0.0677. The summed E-state index contributed by atoms with van der Waals surface area (Å²) in [5, 5.41) is 21.1. The van der Waals surface area contributed by atoms with E-state index in [2.05, 4.69) is 23.1 Å². The minimum Gasteiger partial charge on any atom is -0.491 e. The van der Waals surface area contributed by atoms with Gasteiger partial charge in [-0.25, -0.2) is 14.8 Å². The molecule has 0 aromatic carbocycles. The van der Waals surface area contributed by atoms with Crippen molar-refractivity contribution in [2.24, 2.45) is 0 Å². The number of carbonyl (C=O) groups is 1. The molecule has 0 fully saturated rings. The second-order valence-corrected chi connectivity index (χ2v) is 11.8. The molecule has 4 aromatic rings. The summed E-state index contributed by atoms with van der Waals surface area (Å²) >= 11 is 0. The third-order valence-electron chi connectivity index (χ3n) is 8.54. The highest BCUT2D eigenvalue weighted by atomic mass is 16.5. The zero-order valence-electron chi connectivity index (χ0n) is 26.3. The second-order valence-electron chi connectivity index (χ2n) is 11.8. The zero-order chi connectivity index (χ0) is 33.4. The first-order valence-corrected chi connectivity index (χ1v) is 15.4. The molecular weight excluding hydrogens is 608 g/mol. The number of allylic oxidation sites excluding steroid dienone is 1. The number of hydrogen-bond donors (Lipinski definition) is 2. The van der Waals surface area contributed by atoms with Crippen molar-refractivity contribution < 1.29 is 34.0 Å². The van der Waals surface area contributed by atoms with Gasteiger partial charge in [0, 0.05) is 36.7 Å². The molecule has 0 unspecified atom stereocenters. The van der Waals surface area contributed by atoms with Crippen LogP contribution in [-0.2, 0) is 19.3 Å². The van der Waals surface area contributed by atoms with E-state index in [0.717, 1.165) is 29.7 Å². The predicted molar refractivity (Wildman–Crippen MR) is 171 cm³/mol. The molecule has 0 aliphatic heterocycles. The number of aromatic carboxylic acids is 1. The fraction of sp³-hybridized carbons (Fsp3) is 0.382.